The zero-order valence-electron chi connectivity index (χ0n) is 12.2. The smallest absolute Gasteiger partial charge is 0.238 e. The molecule has 1 saturated heterocycles. The molecule has 2 unspecified atom stereocenters. The van der Waals surface area contributed by atoms with E-state index in [2.05, 4.69) is 15.5 Å². The number of nitrogens with one attached hydrogen (secondary N) is 2. The van der Waals surface area contributed by atoms with E-state index in [1.165, 1.54) is 0 Å². The molecule has 1 fully saturated rings. The first-order valence-corrected chi connectivity index (χ1v) is 6.98. The van der Waals surface area contributed by atoms with Crippen LogP contribution in [0, 0.1) is 12.7 Å². The van der Waals surface area contributed by atoms with Gasteiger partial charge in [0.25, 0.3) is 0 Å². The predicted octanol–water partition coefficient (Wildman–Crippen LogP) is 1.21. The number of likely N-dealkylation sites (N-methyl/N-ethyl adjacent to an activating group) is 1. The molecular weight excluding hydrogens is 257 g/mol. The number of carbonyl (C=O) groups is 1. The van der Waals surface area contributed by atoms with Crippen LogP contribution in [0.15, 0.2) is 18.2 Å². The topological polar surface area (TPSA) is 44.4 Å². The van der Waals surface area contributed by atoms with Crippen molar-refractivity contribution in [1.29, 1.82) is 0 Å². The van der Waals surface area contributed by atoms with Crippen molar-refractivity contribution < 1.29 is 9.18 Å². The van der Waals surface area contributed by atoms with Crippen molar-refractivity contribution in [2.24, 2.45) is 0 Å². The van der Waals surface area contributed by atoms with Crippen LogP contribution in [0.4, 0.5) is 4.39 Å². The molecule has 1 aromatic rings. The molecule has 1 aromatic carbocycles. The molecule has 110 valence electrons. The van der Waals surface area contributed by atoms with Gasteiger partial charge in [0.2, 0.25) is 5.91 Å². The summed E-state index contributed by atoms with van der Waals surface area (Å²) in [5.74, 6) is -0.197. The van der Waals surface area contributed by atoms with Crippen molar-refractivity contribution in [3.05, 3.63) is 35.1 Å². The zero-order valence-corrected chi connectivity index (χ0v) is 12.2. The Morgan fingerprint density at radius 2 is 2.30 bits per heavy atom. The van der Waals surface area contributed by atoms with Gasteiger partial charge in [0.15, 0.2) is 0 Å². The lowest BCUT2D eigenvalue weighted by atomic mass is 10.0. The van der Waals surface area contributed by atoms with E-state index in [1.54, 1.807) is 26.1 Å². The minimum atomic E-state index is -0.215. The van der Waals surface area contributed by atoms with Crippen molar-refractivity contribution in [3.8, 4) is 0 Å². The van der Waals surface area contributed by atoms with E-state index in [0.29, 0.717) is 12.1 Å². The highest BCUT2D eigenvalue weighted by Gasteiger charge is 2.31. The van der Waals surface area contributed by atoms with Gasteiger partial charge in [0, 0.05) is 32.7 Å². The standard InChI is InChI=1S/C15H22FN3O/c1-10-4-5-12(8-13(10)16)11(2)19-7-6-18-9-14(19)15(20)17-3/h4-5,8,11,14,18H,6-7,9H2,1-3H3,(H,17,20). The first-order valence-electron chi connectivity index (χ1n) is 6.98. The molecule has 0 radical (unpaired) electrons. The van der Waals surface area contributed by atoms with E-state index in [-0.39, 0.29) is 23.8 Å². The van der Waals surface area contributed by atoms with Gasteiger partial charge in [-0.3, -0.25) is 9.69 Å². The Labute approximate surface area is 119 Å². The lowest BCUT2D eigenvalue weighted by molar-refractivity contribution is -0.127. The number of piperazine rings is 1. The third-order valence-corrected chi connectivity index (χ3v) is 4.01. The highest BCUT2D eigenvalue weighted by atomic mass is 19.1. The van der Waals surface area contributed by atoms with Crippen molar-refractivity contribution in [3.63, 3.8) is 0 Å². The van der Waals surface area contributed by atoms with Crippen molar-refractivity contribution in [1.82, 2.24) is 15.5 Å². The van der Waals surface area contributed by atoms with Gasteiger partial charge in [0.1, 0.15) is 11.9 Å². The molecule has 0 aromatic heterocycles. The second-order valence-electron chi connectivity index (χ2n) is 5.26. The molecule has 20 heavy (non-hydrogen) atoms. The number of carbonyl (C=O) groups excluding carboxylic acids is 1. The molecular formula is C15H22FN3O. The minimum absolute atomic E-state index is 0.00312. The third-order valence-electron chi connectivity index (χ3n) is 4.01. The largest absolute Gasteiger partial charge is 0.358 e. The molecule has 1 amide bonds. The molecule has 1 aliphatic heterocycles. The molecule has 2 atom stereocenters. The van der Waals surface area contributed by atoms with Crippen LogP contribution in [-0.2, 0) is 4.79 Å². The zero-order chi connectivity index (χ0) is 14.7. The number of amides is 1. The quantitative estimate of drug-likeness (QED) is 0.874. The molecule has 0 aliphatic carbocycles. The molecule has 1 heterocycles. The van der Waals surface area contributed by atoms with Gasteiger partial charge in [0.05, 0.1) is 0 Å². The number of halogens is 1. The summed E-state index contributed by atoms with van der Waals surface area (Å²) in [4.78, 5) is 14.1. The van der Waals surface area contributed by atoms with Crippen LogP contribution in [0.3, 0.4) is 0 Å². The van der Waals surface area contributed by atoms with Gasteiger partial charge in [-0.05, 0) is 31.0 Å². The lowest BCUT2D eigenvalue weighted by Crippen LogP contribution is -2.57. The summed E-state index contributed by atoms with van der Waals surface area (Å²) in [6.07, 6.45) is 0. The van der Waals surface area contributed by atoms with Gasteiger partial charge in [-0.25, -0.2) is 4.39 Å². The SMILES string of the molecule is CNC(=O)C1CNCCN1C(C)c1ccc(C)c(F)c1. The fraction of sp³-hybridized carbons (Fsp3) is 0.533. The lowest BCUT2D eigenvalue weighted by Gasteiger charge is -2.39. The van der Waals surface area contributed by atoms with Crippen molar-refractivity contribution in [2.45, 2.75) is 25.9 Å². The molecule has 4 nitrogen and oxygen atoms in total. The summed E-state index contributed by atoms with van der Waals surface area (Å²) in [5, 5.41) is 5.93. The average Bonchev–Trinajstić information content (AvgIpc) is 2.48. The highest BCUT2D eigenvalue weighted by Crippen LogP contribution is 2.25. The number of rotatable bonds is 3. The number of aryl methyl sites for hydroxylation is 1. The van der Waals surface area contributed by atoms with Crippen LogP contribution < -0.4 is 10.6 Å². The summed E-state index contributed by atoms with van der Waals surface area (Å²) in [6, 6.07) is 5.09. The summed E-state index contributed by atoms with van der Waals surface area (Å²) in [5.41, 5.74) is 1.55. The summed E-state index contributed by atoms with van der Waals surface area (Å²) in [6.45, 7) is 6.01. The number of hydrogen-bond acceptors (Lipinski definition) is 3. The van der Waals surface area contributed by atoms with Gasteiger partial charge < -0.3 is 10.6 Å². The van der Waals surface area contributed by atoms with Gasteiger partial charge in [-0.15, -0.1) is 0 Å². The fourth-order valence-corrected chi connectivity index (χ4v) is 2.65. The van der Waals surface area contributed by atoms with Gasteiger partial charge >= 0.3 is 0 Å². The Bertz CT molecular complexity index is 492. The third kappa shape index (κ3) is 2.99. The van der Waals surface area contributed by atoms with Crippen LogP contribution in [0.25, 0.3) is 0 Å². The van der Waals surface area contributed by atoms with Gasteiger partial charge in [-0.2, -0.15) is 0 Å². The van der Waals surface area contributed by atoms with Crippen LogP contribution in [0.1, 0.15) is 24.1 Å². The maximum absolute atomic E-state index is 13.7. The molecule has 2 rings (SSSR count). The summed E-state index contributed by atoms with van der Waals surface area (Å²) < 4.78 is 13.7. The second-order valence-corrected chi connectivity index (χ2v) is 5.26. The fourth-order valence-electron chi connectivity index (χ4n) is 2.65. The van der Waals surface area contributed by atoms with E-state index in [9.17, 15) is 9.18 Å². The second kappa shape index (κ2) is 6.33. The maximum Gasteiger partial charge on any atom is 0.238 e. The van der Waals surface area contributed by atoms with E-state index >= 15 is 0 Å². The molecule has 5 heteroatoms. The normalized spacial score (nSPS) is 21.5. The summed E-state index contributed by atoms with van der Waals surface area (Å²) >= 11 is 0. The van der Waals surface area contributed by atoms with Crippen LogP contribution in [0.2, 0.25) is 0 Å². The summed E-state index contributed by atoms with van der Waals surface area (Å²) in [7, 11) is 1.64. The first-order chi connectivity index (χ1) is 9.54. The first kappa shape index (κ1) is 14.9. The Morgan fingerprint density at radius 1 is 1.55 bits per heavy atom. The molecule has 2 N–H and O–H groups in total. The van der Waals surface area contributed by atoms with Gasteiger partial charge in [-0.1, -0.05) is 12.1 Å². The van der Waals surface area contributed by atoms with Crippen LogP contribution >= 0.6 is 0 Å². The molecule has 0 saturated carbocycles. The predicted molar refractivity (Wildman–Crippen MR) is 77.0 cm³/mol. The Balaban J connectivity index is 2.22. The highest BCUT2D eigenvalue weighted by molar-refractivity contribution is 5.81. The number of nitrogens with zero attached hydrogens (tertiary/aromatic N) is 1. The van der Waals surface area contributed by atoms with E-state index in [0.717, 1.165) is 18.7 Å². The Hall–Kier alpha value is -1.46. The minimum Gasteiger partial charge on any atom is -0.358 e. The van der Waals surface area contributed by atoms with E-state index < -0.39 is 0 Å². The van der Waals surface area contributed by atoms with Crippen molar-refractivity contribution >= 4 is 5.91 Å². The number of benzene rings is 1. The Kier molecular flexibility index (Phi) is 4.73. The van der Waals surface area contributed by atoms with E-state index in [1.807, 2.05) is 13.0 Å². The van der Waals surface area contributed by atoms with Crippen molar-refractivity contribution in [2.75, 3.05) is 26.7 Å². The maximum atomic E-state index is 13.7. The van der Waals surface area contributed by atoms with E-state index in [4.69, 9.17) is 0 Å². The molecule has 0 spiro atoms. The average molecular weight is 279 g/mol. The molecule has 0 bridgehead atoms. The van der Waals surface area contributed by atoms with Crippen LogP contribution in [-0.4, -0.2) is 43.5 Å². The Morgan fingerprint density at radius 3 is 2.95 bits per heavy atom. The van der Waals surface area contributed by atoms with Crippen LogP contribution in [0.5, 0.6) is 0 Å². The monoisotopic (exact) mass is 279 g/mol. The number of hydrogen-bond donors (Lipinski definition) is 2. The molecule has 1 aliphatic rings.